The van der Waals surface area contributed by atoms with Crippen LogP contribution in [0, 0.1) is 0 Å². The molecule has 0 radical (unpaired) electrons. The molecule has 0 aliphatic carbocycles. The van der Waals surface area contributed by atoms with Gasteiger partial charge >= 0.3 is 51.4 Å². The molecule has 42 valence electrons. The predicted octanol–water partition coefficient (Wildman–Crippen LogP) is -3.51. The number of aliphatic carboxylic acids is 1. The minimum Gasteiger partial charge on any atom is -0.550 e. The van der Waals surface area contributed by atoms with Gasteiger partial charge in [-0.15, -0.1) is 0 Å². The van der Waals surface area contributed by atoms with Gasteiger partial charge in [-0.25, -0.2) is 0 Å². The monoisotopic (exact) mass is 158 g/mol. The Kier molecular flexibility index (Phi) is 12.9. The van der Waals surface area contributed by atoms with Crippen molar-refractivity contribution in [2.75, 3.05) is 12.0 Å². The van der Waals surface area contributed by atoms with Crippen molar-refractivity contribution < 1.29 is 61.3 Å². The molecule has 0 spiro atoms. The summed E-state index contributed by atoms with van der Waals surface area (Å²) in [5, 5.41) is 9.63. The van der Waals surface area contributed by atoms with E-state index >= 15 is 0 Å². The maximum Gasteiger partial charge on any atom is 1.00 e. The SMILES string of the molecule is CSCCC(=O)[O-].[K+]. The normalized spacial score (nSPS) is 7.62. The Labute approximate surface area is 95.8 Å². The fourth-order valence-corrected chi connectivity index (χ4v) is 0.556. The number of rotatable bonds is 3. The maximum absolute atomic E-state index is 9.63. The van der Waals surface area contributed by atoms with Crippen molar-refractivity contribution in [1.82, 2.24) is 0 Å². The Hall–Kier alpha value is 1.46. The first-order valence-corrected chi connectivity index (χ1v) is 3.35. The molecule has 0 aliphatic heterocycles. The largest absolute Gasteiger partial charge is 1.00 e. The van der Waals surface area contributed by atoms with Crippen LogP contribution in [0.5, 0.6) is 0 Å². The average Bonchev–Trinajstić information content (AvgIpc) is 1.61. The number of carboxylic acid groups (broad SMARTS) is 1. The number of hydrogen-bond donors (Lipinski definition) is 0. The maximum atomic E-state index is 9.63. The Morgan fingerprint density at radius 2 is 2.25 bits per heavy atom. The van der Waals surface area contributed by atoms with Crippen molar-refractivity contribution in [3.05, 3.63) is 0 Å². The van der Waals surface area contributed by atoms with Crippen molar-refractivity contribution in [2.24, 2.45) is 0 Å². The molecule has 0 saturated carbocycles. The summed E-state index contributed by atoms with van der Waals surface area (Å²) >= 11 is 1.51. The van der Waals surface area contributed by atoms with Gasteiger partial charge < -0.3 is 9.90 Å². The van der Waals surface area contributed by atoms with E-state index in [2.05, 4.69) is 0 Å². The summed E-state index contributed by atoms with van der Waals surface area (Å²) in [4.78, 5) is 9.63. The smallest absolute Gasteiger partial charge is 0.550 e. The molecule has 2 nitrogen and oxygen atoms in total. The third kappa shape index (κ3) is 10.4. The first kappa shape index (κ1) is 12.2. The average molecular weight is 158 g/mol. The van der Waals surface area contributed by atoms with Crippen LogP contribution in [0.2, 0.25) is 0 Å². The Balaban J connectivity index is 0. The standard InChI is InChI=1S/C4H8O2S.K/c1-7-3-2-4(5)6;/h2-3H2,1H3,(H,5,6);/q;+1/p-1. The second-order valence-corrected chi connectivity index (χ2v) is 2.10. The van der Waals surface area contributed by atoms with Crippen LogP contribution in [0.25, 0.3) is 0 Å². The summed E-state index contributed by atoms with van der Waals surface area (Å²) in [6.07, 6.45) is 2.03. The predicted molar refractivity (Wildman–Crippen MR) is 28.0 cm³/mol. The molecule has 0 saturated heterocycles. The minimum absolute atomic E-state index is 0. The number of carbonyl (C=O) groups is 1. The summed E-state index contributed by atoms with van der Waals surface area (Å²) in [6, 6.07) is 0. The third-order valence-corrected chi connectivity index (χ3v) is 1.12. The van der Waals surface area contributed by atoms with E-state index in [1.165, 1.54) is 11.8 Å². The molecule has 0 N–H and O–H groups in total. The second kappa shape index (κ2) is 8.46. The van der Waals surface area contributed by atoms with Gasteiger partial charge in [-0.05, 0) is 18.4 Å². The van der Waals surface area contributed by atoms with Gasteiger partial charge in [0.2, 0.25) is 0 Å². The van der Waals surface area contributed by atoms with E-state index in [-0.39, 0.29) is 57.8 Å². The summed E-state index contributed by atoms with van der Waals surface area (Å²) in [6.45, 7) is 0. The van der Waals surface area contributed by atoms with Crippen molar-refractivity contribution in [2.45, 2.75) is 6.42 Å². The summed E-state index contributed by atoms with van der Waals surface area (Å²) < 4.78 is 0. The fraction of sp³-hybridized carbons (Fsp3) is 0.750. The molecule has 0 bridgehead atoms. The van der Waals surface area contributed by atoms with Crippen LogP contribution in [0.15, 0.2) is 0 Å². The van der Waals surface area contributed by atoms with E-state index in [0.717, 1.165) is 0 Å². The zero-order valence-electron chi connectivity index (χ0n) is 5.14. The van der Waals surface area contributed by atoms with E-state index in [9.17, 15) is 9.90 Å². The molecular formula is C4H7KO2S. The van der Waals surface area contributed by atoms with Gasteiger partial charge in [-0.3, -0.25) is 0 Å². The quantitative estimate of drug-likeness (QED) is 0.400. The Morgan fingerprint density at radius 3 is 2.38 bits per heavy atom. The molecule has 0 aromatic carbocycles. The molecule has 0 aromatic heterocycles. The molecule has 4 heteroatoms. The van der Waals surface area contributed by atoms with E-state index < -0.39 is 5.97 Å². The van der Waals surface area contributed by atoms with E-state index in [1.807, 2.05) is 6.26 Å². The van der Waals surface area contributed by atoms with Crippen LogP contribution >= 0.6 is 11.8 Å². The Bertz CT molecular complexity index is 67.1. The van der Waals surface area contributed by atoms with Gasteiger partial charge in [0.25, 0.3) is 0 Å². The van der Waals surface area contributed by atoms with E-state index in [1.54, 1.807) is 0 Å². The number of hydrogen-bond acceptors (Lipinski definition) is 3. The third-order valence-electron chi connectivity index (χ3n) is 0.510. The van der Waals surface area contributed by atoms with Crippen molar-refractivity contribution in [3.8, 4) is 0 Å². The first-order chi connectivity index (χ1) is 3.27. The van der Waals surface area contributed by atoms with Crippen LogP contribution in [-0.2, 0) is 4.79 Å². The molecule has 0 atom stereocenters. The molecular weight excluding hydrogens is 151 g/mol. The van der Waals surface area contributed by atoms with Crippen LogP contribution < -0.4 is 56.5 Å². The first-order valence-electron chi connectivity index (χ1n) is 1.96. The van der Waals surface area contributed by atoms with Gasteiger partial charge in [-0.2, -0.15) is 11.8 Å². The van der Waals surface area contributed by atoms with E-state index in [4.69, 9.17) is 0 Å². The Morgan fingerprint density at radius 1 is 1.75 bits per heavy atom. The molecule has 0 rings (SSSR count). The van der Waals surface area contributed by atoms with Gasteiger partial charge in [0.15, 0.2) is 0 Å². The number of carboxylic acids is 1. The van der Waals surface area contributed by atoms with Gasteiger partial charge in [0.05, 0.1) is 0 Å². The molecule has 0 heterocycles. The summed E-state index contributed by atoms with van der Waals surface area (Å²) in [5.41, 5.74) is 0. The second-order valence-electron chi connectivity index (χ2n) is 1.11. The van der Waals surface area contributed by atoms with Crippen LogP contribution in [0.3, 0.4) is 0 Å². The van der Waals surface area contributed by atoms with Crippen molar-refractivity contribution in [3.63, 3.8) is 0 Å². The van der Waals surface area contributed by atoms with E-state index in [0.29, 0.717) is 5.75 Å². The molecule has 8 heavy (non-hydrogen) atoms. The zero-order valence-corrected chi connectivity index (χ0v) is 9.08. The molecule has 0 aliphatic rings. The van der Waals surface area contributed by atoms with Crippen LogP contribution in [0.1, 0.15) is 6.42 Å². The van der Waals surface area contributed by atoms with Crippen LogP contribution in [-0.4, -0.2) is 18.0 Å². The van der Waals surface area contributed by atoms with Crippen LogP contribution in [0.4, 0.5) is 0 Å². The van der Waals surface area contributed by atoms with Gasteiger partial charge in [0.1, 0.15) is 0 Å². The molecule has 0 unspecified atom stereocenters. The minimum atomic E-state index is -0.964. The summed E-state index contributed by atoms with van der Waals surface area (Å²) in [5.74, 6) is -0.308. The van der Waals surface area contributed by atoms with Gasteiger partial charge in [-0.1, -0.05) is 0 Å². The number of thioether (sulfide) groups is 1. The van der Waals surface area contributed by atoms with Crippen molar-refractivity contribution >= 4 is 17.7 Å². The topological polar surface area (TPSA) is 40.1 Å². The molecule has 0 amide bonds. The summed E-state index contributed by atoms with van der Waals surface area (Å²) in [7, 11) is 0. The van der Waals surface area contributed by atoms with Gasteiger partial charge in [0, 0.05) is 5.97 Å². The zero-order chi connectivity index (χ0) is 5.70. The molecule has 0 fully saturated rings. The van der Waals surface area contributed by atoms with Crippen molar-refractivity contribution in [1.29, 1.82) is 0 Å². The number of carbonyl (C=O) groups excluding carboxylic acids is 1. The molecule has 0 aromatic rings. The fourth-order valence-electron chi connectivity index (χ4n) is 0.185.